The molecule has 32 heavy (non-hydrogen) atoms. The Morgan fingerprint density at radius 1 is 0.531 bits per heavy atom. The van der Waals surface area contributed by atoms with Crippen LogP contribution in [0.25, 0.3) is 0 Å². The summed E-state index contributed by atoms with van der Waals surface area (Å²) in [6.45, 7) is 0. The molecule has 0 heterocycles. The average molecular weight is 435 g/mol. The molecule has 0 aromatic heterocycles. The Labute approximate surface area is 195 Å². The zero-order valence-electron chi connectivity index (χ0n) is 19.8. The van der Waals surface area contributed by atoms with E-state index in [0.717, 1.165) is 12.8 Å². The van der Waals surface area contributed by atoms with E-state index in [1.807, 2.05) is 12.1 Å². The largest absolute Gasteiger partial charge is 0.508 e. The van der Waals surface area contributed by atoms with Crippen LogP contribution in [0.1, 0.15) is 124 Å². The maximum atomic E-state index is 10.3. The van der Waals surface area contributed by atoms with Crippen molar-refractivity contribution in [1.82, 2.24) is 0 Å². The molecule has 0 atom stereocenters. The summed E-state index contributed by atoms with van der Waals surface area (Å²) in [5.41, 5.74) is 5.17. The summed E-state index contributed by atoms with van der Waals surface area (Å²) in [4.78, 5) is 0. The molecule has 0 amide bonds. The van der Waals surface area contributed by atoms with Gasteiger partial charge in [0.2, 0.25) is 0 Å². The predicted molar refractivity (Wildman–Crippen MR) is 134 cm³/mol. The van der Waals surface area contributed by atoms with E-state index in [4.69, 9.17) is 0 Å². The fraction of sp³-hybridized carbons (Fsp3) is 0.600. The van der Waals surface area contributed by atoms with Gasteiger partial charge in [-0.15, -0.1) is 0 Å². The first-order chi connectivity index (χ1) is 15.7. The molecule has 0 unspecified atom stereocenters. The van der Waals surface area contributed by atoms with Crippen molar-refractivity contribution >= 4 is 0 Å². The van der Waals surface area contributed by atoms with Crippen LogP contribution < -0.4 is 0 Å². The van der Waals surface area contributed by atoms with Crippen molar-refractivity contribution in [2.45, 2.75) is 115 Å². The quantitative estimate of drug-likeness (QED) is 0.388. The first-order valence-corrected chi connectivity index (χ1v) is 13.3. The number of unbranched alkanes of at least 4 members (excludes halogenated alkanes) is 3. The smallest absolute Gasteiger partial charge is 0.119 e. The van der Waals surface area contributed by atoms with Crippen LogP contribution in [0.2, 0.25) is 0 Å². The Morgan fingerprint density at radius 2 is 0.938 bits per heavy atom. The van der Waals surface area contributed by atoms with Gasteiger partial charge >= 0.3 is 0 Å². The first kappa shape index (κ1) is 23.2. The van der Waals surface area contributed by atoms with Crippen LogP contribution >= 0.6 is 0 Å². The fourth-order valence-electron chi connectivity index (χ4n) is 6.01. The molecular weight excluding hydrogens is 392 g/mol. The van der Waals surface area contributed by atoms with Gasteiger partial charge in [-0.05, 0) is 97.6 Å². The third-order valence-electron chi connectivity index (χ3n) is 7.95. The van der Waals surface area contributed by atoms with Crippen LogP contribution in [0.5, 0.6) is 11.5 Å². The number of hydrogen-bond acceptors (Lipinski definition) is 2. The van der Waals surface area contributed by atoms with Gasteiger partial charge in [0.25, 0.3) is 0 Å². The molecule has 2 saturated carbocycles. The number of rotatable bonds is 9. The Kier molecular flexibility index (Phi) is 8.54. The van der Waals surface area contributed by atoms with Gasteiger partial charge in [-0.1, -0.05) is 75.6 Å². The molecule has 2 aromatic carbocycles. The number of hydrogen-bond donors (Lipinski definition) is 2. The lowest BCUT2D eigenvalue weighted by Gasteiger charge is -2.23. The third kappa shape index (κ3) is 6.30. The summed E-state index contributed by atoms with van der Waals surface area (Å²) in [6, 6.07) is 12.7. The minimum Gasteiger partial charge on any atom is -0.508 e. The van der Waals surface area contributed by atoms with Gasteiger partial charge < -0.3 is 10.2 Å². The molecule has 0 aliphatic heterocycles. The summed E-state index contributed by atoms with van der Waals surface area (Å²) in [5.74, 6) is 2.13. The number of phenols is 2. The van der Waals surface area contributed by atoms with Crippen molar-refractivity contribution in [3.05, 3.63) is 58.7 Å². The lowest BCUT2D eigenvalue weighted by molar-refractivity contribution is 0.413. The van der Waals surface area contributed by atoms with E-state index in [-0.39, 0.29) is 0 Å². The molecule has 2 fully saturated rings. The van der Waals surface area contributed by atoms with Crippen molar-refractivity contribution in [2.75, 3.05) is 0 Å². The highest BCUT2D eigenvalue weighted by atomic mass is 16.3. The standard InChI is InChI=1S/C30H42O2/c31-29-19-17-23(21-27(29)25-13-7-3-8-14-25)11-5-1-2-6-12-24-18-20-30(32)28(22-24)26-15-9-4-10-16-26/h17-22,25-26,31-32H,1-16H2. The highest BCUT2D eigenvalue weighted by Gasteiger charge is 2.20. The molecule has 2 aromatic rings. The third-order valence-corrected chi connectivity index (χ3v) is 7.95. The summed E-state index contributed by atoms with van der Waals surface area (Å²) in [5, 5.41) is 20.7. The molecule has 0 bridgehead atoms. The second kappa shape index (κ2) is 11.8. The molecule has 2 aliphatic carbocycles. The van der Waals surface area contributed by atoms with Crippen LogP contribution in [-0.2, 0) is 12.8 Å². The van der Waals surface area contributed by atoms with E-state index < -0.39 is 0 Å². The Morgan fingerprint density at radius 3 is 1.34 bits per heavy atom. The minimum absolute atomic E-state index is 0.502. The molecule has 0 radical (unpaired) electrons. The van der Waals surface area contributed by atoms with Crippen molar-refractivity contribution in [2.24, 2.45) is 0 Å². The molecular formula is C30H42O2. The van der Waals surface area contributed by atoms with Gasteiger partial charge in [-0.25, -0.2) is 0 Å². The van der Waals surface area contributed by atoms with Gasteiger partial charge in [0.15, 0.2) is 0 Å². The van der Waals surface area contributed by atoms with Gasteiger partial charge in [-0.3, -0.25) is 0 Å². The van der Waals surface area contributed by atoms with Crippen LogP contribution in [0.3, 0.4) is 0 Å². The zero-order chi connectivity index (χ0) is 22.2. The maximum absolute atomic E-state index is 10.3. The van der Waals surface area contributed by atoms with Crippen LogP contribution in [-0.4, -0.2) is 10.2 Å². The number of phenolic OH excluding ortho intramolecular Hbond substituents is 2. The SMILES string of the molecule is Oc1ccc(CCCCCCc2ccc(O)c(C3CCCCC3)c2)cc1C1CCCCC1. The lowest BCUT2D eigenvalue weighted by atomic mass is 9.83. The highest BCUT2D eigenvalue weighted by Crippen LogP contribution is 2.38. The van der Waals surface area contributed by atoms with Crippen LogP contribution in [0, 0.1) is 0 Å². The summed E-state index contributed by atoms with van der Waals surface area (Å²) in [6.07, 6.45) is 20.0. The van der Waals surface area contributed by atoms with Crippen LogP contribution in [0.4, 0.5) is 0 Å². The lowest BCUT2D eigenvalue weighted by Crippen LogP contribution is -2.05. The Hall–Kier alpha value is -1.96. The van der Waals surface area contributed by atoms with Crippen molar-refractivity contribution in [3.63, 3.8) is 0 Å². The van der Waals surface area contributed by atoms with Gasteiger partial charge in [0.1, 0.15) is 11.5 Å². The van der Waals surface area contributed by atoms with E-state index in [0.29, 0.717) is 23.3 Å². The Bertz CT molecular complexity index is 772. The maximum Gasteiger partial charge on any atom is 0.119 e. The van der Waals surface area contributed by atoms with Crippen LogP contribution in [0.15, 0.2) is 36.4 Å². The average Bonchev–Trinajstić information content (AvgIpc) is 2.84. The van der Waals surface area contributed by atoms with Gasteiger partial charge in [0.05, 0.1) is 0 Å². The van der Waals surface area contributed by atoms with Crippen molar-refractivity contribution < 1.29 is 10.2 Å². The molecule has 0 saturated heterocycles. The molecule has 2 N–H and O–H groups in total. The highest BCUT2D eigenvalue weighted by molar-refractivity contribution is 5.40. The minimum atomic E-state index is 0.502. The van der Waals surface area contributed by atoms with Gasteiger partial charge in [-0.2, -0.15) is 0 Å². The van der Waals surface area contributed by atoms with Crippen molar-refractivity contribution in [1.29, 1.82) is 0 Å². The zero-order valence-corrected chi connectivity index (χ0v) is 19.8. The second-order valence-electron chi connectivity index (χ2n) is 10.4. The van der Waals surface area contributed by atoms with E-state index in [2.05, 4.69) is 24.3 Å². The normalized spacial score (nSPS) is 18.1. The summed E-state index contributed by atoms with van der Waals surface area (Å²) < 4.78 is 0. The van der Waals surface area contributed by atoms with Crippen molar-refractivity contribution in [3.8, 4) is 11.5 Å². The summed E-state index contributed by atoms with van der Waals surface area (Å²) >= 11 is 0. The fourth-order valence-corrected chi connectivity index (χ4v) is 6.01. The number of aryl methyl sites for hydroxylation is 2. The van der Waals surface area contributed by atoms with E-state index >= 15 is 0 Å². The monoisotopic (exact) mass is 434 g/mol. The second-order valence-corrected chi connectivity index (χ2v) is 10.4. The van der Waals surface area contributed by atoms with E-state index in [9.17, 15) is 10.2 Å². The first-order valence-electron chi connectivity index (χ1n) is 13.3. The molecule has 0 spiro atoms. The van der Waals surface area contributed by atoms with E-state index in [1.54, 1.807) is 0 Å². The predicted octanol–water partition coefficient (Wildman–Crippen LogP) is 8.54. The Balaban J connectivity index is 1.20. The topological polar surface area (TPSA) is 40.5 Å². The molecule has 2 heteroatoms. The number of benzene rings is 2. The van der Waals surface area contributed by atoms with Gasteiger partial charge in [0, 0.05) is 0 Å². The molecule has 4 rings (SSSR count). The molecule has 2 aliphatic rings. The molecule has 174 valence electrons. The van der Waals surface area contributed by atoms with E-state index in [1.165, 1.54) is 112 Å². The molecule has 2 nitrogen and oxygen atoms in total. The number of aromatic hydroxyl groups is 2. The summed E-state index contributed by atoms with van der Waals surface area (Å²) in [7, 11) is 0.